The molecule has 1 aliphatic carbocycles. The highest BCUT2D eigenvalue weighted by Crippen LogP contribution is 2.43. The highest BCUT2D eigenvalue weighted by atomic mass is 35.5. The van der Waals surface area contributed by atoms with E-state index in [1.54, 1.807) is 13.3 Å². The van der Waals surface area contributed by atoms with Crippen LogP contribution in [0.25, 0.3) is 0 Å². The van der Waals surface area contributed by atoms with Crippen molar-refractivity contribution in [3.8, 4) is 5.75 Å². The second kappa shape index (κ2) is 8.76. The first-order valence-corrected chi connectivity index (χ1v) is 13.6. The predicted molar refractivity (Wildman–Crippen MR) is 134 cm³/mol. The Morgan fingerprint density at radius 3 is 2.53 bits per heavy atom. The molecule has 0 radical (unpaired) electrons. The average Bonchev–Trinajstić information content (AvgIpc) is 3.20. The quantitative estimate of drug-likeness (QED) is 0.431. The normalized spacial score (nSPS) is 13.1. The summed E-state index contributed by atoms with van der Waals surface area (Å²) in [5.41, 5.74) is 6.31. The van der Waals surface area contributed by atoms with E-state index in [-0.39, 0.29) is 0 Å². The van der Waals surface area contributed by atoms with E-state index >= 15 is 0 Å². The van der Waals surface area contributed by atoms with Crippen LogP contribution in [-0.4, -0.2) is 30.4 Å². The van der Waals surface area contributed by atoms with Gasteiger partial charge < -0.3 is 19.9 Å². The van der Waals surface area contributed by atoms with Crippen molar-refractivity contribution in [3.05, 3.63) is 57.7 Å². The number of aryl methyl sites for hydroxylation is 3. The first-order valence-electron chi connectivity index (χ1n) is 10.6. The number of nitrogens with one attached hydrogen (secondary N) is 2. The van der Waals surface area contributed by atoms with Crippen LogP contribution in [0.3, 0.4) is 0 Å². The third-order valence-corrected chi connectivity index (χ3v) is 7.72. The van der Waals surface area contributed by atoms with Crippen molar-refractivity contribution in [3.63, 3.8) is 0 Å². The highest BCUT2D eigenvalue weighted by Gasteiger charge is 2.26. The monoisotopic (exact) mass is 470 g/mol. The zero-order valence-corrected chi connectivity index (χ0v) is 20.7. The molecular formula is C24H28ClN4O2P. The molecule has 8 heteroatoms. The van der Waals surface area contributed by atoms with Crippen molar-refractivity contribution in [2.75, 3.05) is 31.1 Å². The molecule has 0 saturated heterocycles. The van der Waals surface area contributed by atoms with Crippen LogP contribution in [0.5, 0.6) is 5.75 Å². The minimum atomic E-state index is -2.52. The number of aromatic nitrogens is 2. The van der Waals surface area contributed by atoms with E-state index in [1.807, 2.05) is 45.4 Å². The average molecular weight is 471 g/mol. The molecule has 0 unspecified atom stereocenters. The van der Waals surface area contributed by atoms with Gasteiger partial charge in [0.15, 0.2) is 5.82 Å². The Morgan fingerprint density at radius 1 is 1.06 bits per heavy atom. The van der Waals surface area contributed by atoms with Crippen LogP contribution in [0.15, 0.2) is 30.5 Å². The third kappa shape index (κ3) is 4.48. The molecule has 1 aromatic heterocycles. The number of hydrogen-bond donors (Lipinski definition) is 2. The maximum absolute atomic E-state index is 13.2. The van der Waals surface area contributed by atoms with Crippen LogP contribution in [0.2, 0.25) is 5.02 Å². The first-order chi connectivity index (χ1) is 15.2. The molecule has 0 spiro atoms. The standard InChI is InChI=1S/C24H28ClN4O2P/c1-14-11-20(21(31-3)12-15(14)2)28-24-26-13-18(25)23(29-24)27-19-10-9-16-7-6-8-17(16)22(19)32(4,5)30/h9-13H,6-8H2,1-5H3,(H2,26,27,28,29). The topological polar surface area (TPSA) is 76.1 Å². The fourth-order valence-corrected chi connectivity index (χ4v) is 5.94. The Bertz CT molecular complexity index is 1240. The molecule has 0 atom stereocenters. The molecule has 0 amide bonds. The van der Waals surface area contributed by atoms with Gasteiger partial charge in [-0.15, -0.1) is 0 Å². The van der Waals surface area contributed by atoms with Crippen molar-refractivity contribution < 1.29 is 9.30 Å². The van der Waals surface area contributed by atoms with E-state index in [1.165, 1.54) is 11.1 Å². The number of hydrogen-bond acceptors (Lipinski definition) is 6. The number of fused-ring (bicyclic) bond motifs is 1. The fourth-order valence-electron chi connectivity index (χ4n) is 4.18. The number of rotatable bonds is 6. The lowest BCUT2D eigenvalue weighted by Gasteiger charge is -2.20. The number of ether oxygens (including phenoxy) is 1. The molecule has 0 fully saturated rings. The van der Waals surface area contributed by atoms with E-state index in [0.29, 0.717) is 22.5 Å². The van der Waals surface area contributed by atoms with Gasteiger partial charge in [0, 0.05) is 5.30 Å². The number of benzene rings is 2. The molecule has 0 saturated carbocycles. The summed E-state index contributed by atoms with van der Waals surface area (Å²) in [6.07, 6.45) is 4.62. The lowest BCUT2D eigenvalue weighted by molar-refractivity contribution is 0.416. The molecule has 1 aliphatic rings. The van der Waals surface area contributed by atoms with E-state index < -0.39 is 7.14 Å². The fraction of sp³-hybridized carbons (Fsp3) is 0.333. The largest absolute Gasteiger partial charge is 0.495 e. The predicted octanol–water partition coefficient (Wildman–Crippen LogP) is 5.98. The maximum Gasteiger partial charge on any atom is 0.229 e. The lowest BCUT2D eigenvalue weighted by atomic mass is 10.1. The number of methoxy groups -OCH3 is 1. The Morgan fingerprint density at radius 2 is 1.81 bits per heavy atom. The molecule has 2 aromatic carbocycles. The zero-order chi connectivity index (χ0) is 23.0. The maximum atomic E-state index is 13.2. The van der Waals surface area contributed by atoms with Gasteiger partial charge in [0.05, 0.1) is 24.7 Å². The van der Waals surface area contributed by atoms with E-state index in [2.05, 4.69) is 26.7 Å². The van der Waals surface area contributed by atoms with Gasteiger partial charge in [0.25, 0.3) is 0 Å². The van der Waals surface area contributed by atoms with Crippen LogP contribution in [0, 0.1) is 13.8 Å². The molecule has 4 rings (SSSR count). The third-order valence-electron chi connectivity index (χ3n) is 5.85. The van der Waals surface area contributed by atoms with Gasteiger partial charge in [0.1, 0.15) is 17.9 Å². The summed E-state index contributed by atoms with van der Waals surface area (Å²) in [7, 11) is -0.885. The Labute approximate surface area is 194 Å². The first kappa shape index (κ1) is 22.6. The summed E-state index contributed by atoms with van der Waals surface area (Å²) in [6, 6.07) is 8.07. The summed E-state index contributed by atoms with van der Waals surface area (Å²) in [6.45, 7) is 7.70. The summed E-state index contributed by atoms with van der Waals surface area (Å²) < 4.78 is 18.7. The van der Waals surface area contributed by atoms with E-state index in [4.69, 9.17) is 16.3 Å². The molecule has 6 nitrogen and oxygen atoms in total. The molecule has 1 heterocycles. The molecule has 32 heavy (non-hydrogen) atoms. The molecule has 0 aliphatic heterocycles. The van der Waals surface area contributed by atoms with Gasteiger partial charge in [-0.2, -0.15) is 4.98 Å². The molecule has 3 aromatic rings. The van der Waals surface area contributed by atoms with Crippen LogP contribution < -0.4 is 20.7 Å². The SMILES string of the molecule is COc1cc(C)c(C)cc1Nc1ncc(Cl)c(Nc2ccc3c(c2P(C)(C)=O)CCC3)n1. The van der Waals surface area contributed by atoms with Crippen LogP contribution in [0.4, 0.5) is 23.1 Å². The van der Waals surface area contributed by atoms with Gasteiger partial charge in [-0.25, -0.2) is 4.98 Å². The van der Waals surface area contributed by atoms with Crippen molar-refractivity contribution in [1.29, 1.82) is 0 Å². The van der Waals surface area contributed by atoms with Crippen molar-refractivity contribution in [2.24, 2.45) is 0 Å². The lowest BCUT2D eigenvalue weighted by Crippen LogP contribution is -2.16. The van der Waals surface area contributed by atoms with E-state index in [9.17, 15) is 4.57 Å². The number of nitrogens with zero attached hydrogens (tertiary/aromatic N) is 2. The number of anilines is 4. The summed E-state index contributed by atoms with van der Waals surface area (Å²) in [5.74, 6) is 1.55. The molecule has 168 valence electrons. The second-order valence-corrected chi connectivity index (χ2v) is 12.1. The minimum Gasteiger partial charge on any atom is -0.495 e. The molecular weight excluding hydrogens is 443 g/mol. The van der Waals surface area contributed by atoms with Gasteiger partial charge in [-0.1, -0.05) is 17.7 Å². The Hall–Kier alpha value is -2.56. The highest BCUT2D eigenvalue weighted by molar-refractivity contribution is 7.70. The summed E-state index contributed by atoms with van der Waals surface area (Å²) in [4.78, 5) is 8.92. The van der Waals surface area contributed by atoms with Crippen molar-refractivity contribution >= 4 is 47.2 Å². The summed E-state index contributed by atoms with van der Waals surface area (Å²) in [5, 5.41) is 7.84. The summed E-state index contributed by atoms with van der Waals surface area (Å²) >= 11 is 6.43. The van der Waals surface area contributed by atoms with Crippen LogP contribution in [0.1, 0.15) is 28.7 Å². The van der Waals surface area contributed by atoms with Gasteiger partial charge >= 0.3 is 0 Å². The minimum absolute atomic E-state index is 0.385. The Balaban J connectivity index is 1.70. The van der Waals surface area contributed by atoms with Crippen molar-refractivity contribution in [2.45, 2.75) is 33.1 Å². The van der Waals surface area contributed by atoms with Gasteiger partial charge in [0.2, 0.25) is 5.95 Å². The van der Waals surface area contributed by atoms with Crippen LogP contribution >= 0.6 is 18.7 Å². The van der Waals surface area contributed by atoms with E-state index in [0.717, 1.165) is 47.1 Å². The second-order valence-electron chi connectivity index (χ2n) is 8.58. The molecule has 0 bridgehead atoms. The van der Waals surface area contributed by atoms with Crippen LogP contribution in [-0.2, 0) is 17.4 Å². The number of halogens is 1. The van der Waals surface area contributed by atoms with Gasteiger partial charge in [-0.3, -0.25) is 0 Å². The zero-order valence-electron chi connectivity index (χ0n) is 19.0. The molecule has 2 N–H and O–H groups in total. The van der Waals surface area contributed by atoms with Crippen molar-refractivity contribution in [1.82, 2.24) is 9.97 Å². The smallest absolute Gasteiger partial charge is 0.229 e. The Kier molecular flexibility index (Phi) is 6.19. The van der Waals surface area contributed by atoms with Gasteiger partial charge in [-0.05, 0) is 86.9 Å².